The predicted octanol–water partition coefficient (Wildman–Crippen LogP) is 5.59. The molecular formula is C24H23BrF2N4O3. The summed E-state index contributed by atoms with van der Waals surface area (Å²) < 4.78 is 31.2. The molecule has 2 amide bonds. The van der Waals surface area contributed by atoms with Gasteiger partial charge in [-0.3, -0.25) is 19.5 Å². The molecule has 7 nitrogen and oxygen atoms in total. The van der Waals surface area contributed by atoms with Gasteiger partial charge in [0.05, 0.1) is 23.2 Å². The van der Waals surface area contributed by atoms with E-state index in [1.807, 2.05) is 40.7 Å². The van der Waals surface area contributed by atoms with Crippen molar-refractivity contribution in [3.63, 3.8) is 0 Å². The van der Waals surface area contributed by atoms with Gasteiger partial charge in [0.15, 0.2) is 0 Å². The first-order valence-corrected chi connectivity index (χ1v) is 11.4. The minimum absolute atomic E-state index is 0.0339. The molecule has 1 aliphatic rings. The van der Waals surface area contributed by atoms with Crippen molar-refractivity contribution in [2.75, 3.05) is 0 Å². The zero-order chi connectivity index (χ0) is 25.0. The van der Waals surface area contributed by atoms with Crippen LogP contribution in [0.5, 0.6) is 0 Å². The lowest BCUT2D eigenvalue weighted by Crippen LogP contribution is -2.52. The number of hydrogen-bond acceptors (Lipinski definition) is 6. The van der Waals surface area contributed by atoms with Crippen LogP contribution in [-0.2, 0) is 22.2 Å². The van der Waals surface area contributed by atoms with Gasteiger partial charge >= 0.3 is 6.43 Å². The van der Waals surface area contributed by atoms with Crippen molar-refractivity contribution in [2.24, 2.45) is 0 Å². The van der Waals surface area contributed by atoms with Gasteiger partial charge in [-0.15, -0.1) is 10.2 Å². The minimum Gasteiger partial charge on any atom is -0.415 e. The number of imide groups is 1. The molecule has 1 aliphatic heterocycles. The van der Waals surface area contributed by atoms with Crippen LogP contribution in [-0.4, -0.2) is 31.9 Å². The Labute approximate surface area is 203 Å². The summed E-state index contributed by atoms with van der Waals surface area (Å²) >= 11 is 3.60. The van der Waals surface area contributed by atoms with E-state index in [9.17, 15) is 18.4 Å². The third-order valence-electron chi connectivity index (χ3n) is 5.80. The molecule has 0 saturated heterocycles. The van der Waals surface area contributed by atoms with Gasteiger partial charge < -0.3 is 4.42 Å². The van der Waals surface area contributed by atoms with E-state index in [0.717, 1.165) is 15.6 Å². The normalized spacial score (nSPS) is 15.7. The smallest absolute Gasteiger partial charge is 0.314 e. The van der Waals surface area contributed by atoms with Crippen molar-refractivity contribution in [3.05, 3.63) is 63.2 Å². The molecule has 178 valence electrons. The second-order valence-electron chi connectivity index (χ2n) is 9.70. The Kier molecular flexibility index (Phi) is 5.91. The molecule has 0 atom stereocenters. The van der Waals surface area contributed by atoms with Crippen LogP contribution >= 0.6 is 15.9 Å². The van der Waals surface area contributed by atoms with Crippen molar-refractivity contribution in [3.8, 4) is 11.5 Å². The van der Waals surface area contributed by atoms with E-state index in [-0.39, 0.29) is 29.7 Å². The van der Waals surface area contributed by atoms with Crippen LogP contribution in [0.1, 0.15) is 74.1 Å². The minimum atomic E-state index is -2.87. The van der Waals surface area contributed by atoms with Gasteiger partial charge in [-0.25, -0.2) is 0 Å². The fraction of sp³-hybridized carbons (Fsp3) is 0.375. The SMILES string of the molecule is CC(C)(C)c1c(Br)ccc2c1C(C)(C)C(=O)N(Cc1ccc(-c3nnc(C(F)F)o3)cn1)C2=O. The van der Waals surface area contributed by atoms with Crippen molar-refractivity contribution in [2.45, 2.75) is 58.4 Å². The van der Waals surface area contributed by atoms with Crippen LogP contribution in [0.25, 0.3) is 11.5 Å². The molecule has 2 aromatic heterocycles. The molecule has 34 heavy (non-hydrogen) atoms. The van der Waals surface area contributed by atoms with E-state index in [0.29, 0.717) is 16.8 Å². The lowest BCUT2D eigenvalue weighted by molar-refractivity contribution is -0.134. The van der Waals surface area contributed by atoms with Crippen molar-refractivity contribution >= 4 is 27.7 Å². The molecule has 0 radical (unpaired) electrons. The number of halogens is 3. The van der Waals surface area contributed by atoms with Crippen molar-refractivity contribution in [1.29, 1.82) is 0 Å². The molecule has 0 unspecified atom stereocenters. The molecule has 0 bridgehead atoms. The van der Waals surface area contributed by atoms with Gasteiger partial charge in [-0.05, 0) is 54.7 Å². The van der Waals surface area contributed by atoms with Gasteiger partial charge in [0.1, 0.15) is 0 Å². The molecule has 3 aromatic rings. The number of fused-ring (bicyclic) bond motifs is 1. The number of hydrogen-bond donors (Lipinski definition) is 0. The van der Waals surface area contributed by atoms with Gasteiger partial charge in [0.25, 0.3) is 11.8 Å². The molecule has 0 spiro atoms. The van der Waals surface area contributed by atoms with Crippen LogP contribution in [0.2, 0.25) is 0 Å². The summed E-state index contributed by atoms with van der Waals surface area (Å²) in [6.07, 6.45) is -1.49. The highest BCUT2D eigenvalue weighted by atomic mass is 79.9. The predicted molar refractivity (Wildman–Crippen MR) is 123 cm³/mol. The summed E-state index contributed by atoms with van der Waals surface area (Å²) in [5, 5.41) is 6.90. The number of amides is 2. The number of pyridine rings is 1. The van der Waals surface area contributed by atoms with Crippen LogP contribution in [0.4, 0.5) is 8.78 Å². The summed E-state index contributed by atoms with van der Waals surface area (Å²) in [7, 11) is 0. The largest absolute Gasteiger partial charge is 0.415 e. The first kappa shape index (κ1) is 24.1. The topological polar surface area (TPSA) is 89.2 Å². The van der Waals surface area contributed by atoms with Gasteiger partial charge in [0, 0.05) is 16.2 Å². The fourth-order valence-corrected chi connectivity index (χ4v) is 5.13. The maximum atomic E-state index is 13.5. The Balaban J connectivity index is 1.67. The van der Waals surface area contributed by atoms with Gasteiger partial charge in [0.2, 0.25) is 11.8 Å². The summed E-state index contributed by atoms with van der Waals surface area (Å²) in [5.41, 5.74) is 1.72. The maximum absolute atomic E-state index is 13.5. The number of benzene rings is 1. The third-order valence-corrected chi connectivity index (χ3v) is 6.46. The standard InChI is InChI=1S/C24H23BrF2N4O3/c1-23(2,3)17-15(25)9-8-14-16(17)24(4,5)22(33)31(21(14)32)11-13-7-6-12(10-28-13)19-29-30-20(34-19)18(26)27/h6-10,18H,11H2,1-5H3. The highest BCUT2D eigenvalue weighted by molar-refractivity contribution is 9.10. The van der Waals surface area contributed by atoms with E-state index >= 15 is 0 Å². The van der Waals surface area contributed by atoms with E-state index in [4.69, 9.17) is 4.42 Å². The number of alkyl halides is 2. The first-order valence-electron chi connectivity index (χ1n) is 10.6. The number of nitrogens with zero attached hydrogens (tertiary/aromatic N) is 4. The monoisotopic (exact) mass is 532 g/mol. The molecule has 10 heteroatoms. The van der Waals surface area contributed by atoms with Crippen LogP contribution in [0, 0.1) is 0 Å². The average Bonchev–Trinajstić information content (AvgIpc) is 3.26. The van der Waals surface area contributed by atoms with E-state index in [1.165, 1.54) is 11.1 Å². The maximum Gasteiger partial charge on any atom is 0.314 e. The van der Waals surface area contributed by atoms with E-state index in [1.54, 1.807) is 18.2 Å². The molecule has 1 aromatic carbocycles. The Morgan fingerprint density at radius 1 is 1.12 bits per heavy atom. The highest BCUT2D eigenvalue weighted by Gasteiger charge is 2.47. The summed E-state index contributed by atoms with van der Waals surface area (Å²) in [5.74, 6) is -1.57. The first-order chi connectivity index (χ1) is 15.8. The highest BCUT2D eigenvalue weighted by Crippen LogP contribution is 2.44. The number of aromatic nitrogens is 3. The van der Waals surface area contributed by atoms with Crippen molar-refractivity contribution in [1.82, 2.24) is 20.1 Å². The van der Waals surface area contributed by atoms with Crippen molar-refractivity contribution < 1.29 is 22.8 Å². The van der Waals surface area contributed by atoms with Gasteiger partial charge in [-0.1, -0.05) is 36.7 Å². The van der Waals surface area contributed by atoms with Gasteiger partial charge in [-0.2, -0.15) is 8.78 Å². The Morgan fingerprint density at radius 2 is 1.82 bits per heavy atom. The van der Waals surface area contributed by atoms with Crippen LogP contribution in [0.15, 0.2) is 39.4 Å². The summed E-state index contributed by atoms with van der Waals surface area (Å²) in [4.78, 5) is 32.4. The Morgan fingerprint density at radius 3 is 2.38 bits per heavy atom. The molecule has 3 heterocycles. The summed E-state index contributed by atoms with van der Waals surface area (Å²) in [6.45, 7) is 9.75. The molecule has 4 rings (SSSR count). The molecular weight excluding hydrogens is 510 g/mol. The van der Waals surface area contributed by atoms with Crippen LogP contribution in [0.3, 0.4) is 0 Å². The number of carbonyl (C=O) groups excluding carboxylic acids is 2. The van der Waals surface area contributed by atoms with E-state index in [2.05, 4.69) is 31.1 Å². The lowest BCUT2D eigenvalue weighted by atomic mass is 9.69. The van der Waals surface area contributed by atoms with Crippen LogP contribution < -0.4 is 0 Å². The third kappa shape index (κ3) is 4.04. The Bertz CT molecular complexity index is 1280. The van der Waals surface area contributed by atoms with E-state index < -0.39 is 17.7 Å². The quantitative estimate of drug-likeness (QED) is 0.407. The zero-order valence-electron chi connectivity index (χ0n) is 19.3. The second-order valence-corrected chi connectivity index (χ2v) is 10.6. The number of rotatable bonds is 4. The molecule has 0 saturated carbocycles. The zero-order valence-corrected chi connectivity index (χ0v) is 20.9. The lowest BCUT2D eigenvalue weighted by Gasteiger charge is -2.41. The molecule has 0 fully saturated rings. The number of carbonyl (C=O) groups is 2. The fourth-order valence-electron chi connectivity index (χ4n) is 4.21. The average molecular weight is 533 g/mol. The second kappa shape index (κ2) is 8.33. The molecule has 0 aliphatic carbocycles. The molecule has 0 N–H and O–H groups in total. The summed E-state index contributed by atoms with van der Waals surface area (Å²) in [6, 6.07) is 6.74. The Hall–Kier alpha value is -3.01.